The first-order chi connectivity index (χ1) is 11.8. The van der Waals surface area contributed by atoms with Crippen molar-refractivity contribution < 1.29 is 18.9 Å². The van der Waals surface area contributed by atoms with Gasteiger partial charge in [-0.2, -0.15) is 0 Å². The van der Waals surface area contributed by atoms with Crippen LogP contribution in [0.5, 0.6) is 5.75 Å². The zero-order valence-corrected chi connectivity index (χ0v) is 17.1. The number of carbonyl (C=O) groups excluding carboxylic acids is 2. The highest BCUT2D eigenvalue weighted by Gasteiger charge is 2.36. The molecule has 7 nitrogen and oxygen atoms in total. The Morgan fingerprint density at radius 2 is 2.00 bits per heavy atom. The first-order valence-electron chi connectivity index (χ1n) is 7.47. The Hall–Kier alpha value is -1.57. The van der Waals surface area contributed by atoms with Gasteiger partial charge in [-0.05, 0) is 18.6 Å². The normalized spacial score (nSPS) is 12.6. The van der Waals surface area contributed by atoms with Gasteiger partial charge in [-0.3, -0.25) is 24.0 Å². The topological polar surface area (TPSA) is 79.0 Å². The highest BCUT2D eigenvalue weighted by molar-refractivity contribution is 8.56. The molecule has 0 radical (unpaired) electrons. The summed E-state index contributed by atoms with van der Waals surface area (Å²) < 4.78 is 20.7. The summed E-state index contributed by atoms with van der Waals surface area (Å²) in [7, 11) is 4.36. The van der Waals surface area contributed by atoms with E-state index in [0.717, 1.165) is 22.5 Å². The molecule has 0 heterocycles. The fraction of sp³-hybridized carbons (Fsp3) is 0.400. The predicted molar refractivity (Wildman–Crippen MR) is 105 cm³/mol. The molecule has 1 unspecified atom stereocenters. The van der Waals surface area contributed by atoms with Crippen LogP contribution in [0, 0.1) is 0 Å². The van der Waals surface area contributed by atoms with Crippen molar-refractivity contribution in [2.75, 3.05) is 27.0 Å². The van der Waals surface area contributed by atoms with Crippen LogP contribution in [0.25, 0.3) is 0 Å². The number of para-hydroxylation sites is 1. The standard InChI is InChI=1S/C15H22N3O4PS2/c1-5-10-25-23(21,17(2)11-24)18(3)15(20)16-14(19)12-8-6-7-9-13(12)22-4/h6-9,11H,5,10H2,1-4H3,(H,16,19,20). The molecule has 0 aliphatic rings. The van der Waals surface area contributed by atoms with E-state index in [1.807, 2.05) is 6.92 Å². The number of nitrogens with zero attached hydrogens (tertiary/aromatic N) is 2. The number of hydrogen-bond donors (Lipinski definition) is 1. The maximum Gasteiger partial charge on any atom is 0.331 e. The van der Waals surface area contributed by atoms with E-state index < -0.39 is 18.6 Å². The third-order valence-electron chi connectivity index (χ3n) is 3.26. The Balaban J connectivity index is 2.98. The number of rotatable bonds is 8. The summed E-state index contributed by atoms with van der Waals surface area (Å²) in [5.74, 6) is 0.296. The lowest BCUT2D eigenvalue weighted by molar-refractivity contribution is 0.0957. The molecule has 1 N–H and O–H groups in total. The van der Waals surface area contributed by atoms with E-state index in [1.54, 1.807) is 25.2 Å². The van der Waals surface area contributed by atoms with Crippen LogP contribution in [0.2, 0.25) is 0 Å². The summed E-state index contributed by atoms with van der Waals surface area (Å²) in [5, 5.41) is 2.24. The lowest BCUT2D eigenvalue weighted by atomic mass is 10.2. The minimum atomic E-state index is -3.31. The molecule has 3 amide bonds. The van der Waals surface area contributed by atoms with E-state index in [1.165, 1.54) is 30.4 Å². The number of imide groups is 1. The van der Waals surface area contributed by atoms with Gasteiger partial charge in [0.25, 0.3) is 5.91 Å². The lowest BCUT2D eigenvalue weighted by Crippen LogP contribution is -2.41. The first-order valence-corrected chi connectivity index (χ1v) is 11.1. The number of nitrogens with one attached hydrogen (secondary N) is 1. The number of hydrogen-bond acceptors (Lipinski definition) is 6. The number of benzene rings is 1. The number of carbonyl (C=O) groups is 2. The Kier molecular flexibility index (Phi) is 8.41. The summed E-state index contributed by atoms with van der Waals surface area (Å²) in [6.07, 6.45) is 0.787. The second kappa shape index (κ2) is 9.79. The average Bonchev–Trinajstić information content (AvgIpc) is 2.64. The summed E-state index contributed by atoms with van der Waals surface area (Å²) in [5.41, 5.74) is 1.45. The van der Waals surface area contributed by atoms with Gasteiger partial charge in [-0.15, -0.1) is 0 Å². The van der Waals surface area contributed by atoms with Crippen molar-refractivity contribution >= 4 is 47.7 Å². The van der Waals surface area contributed by atoms with Crippen molar-refractivity contribution in [1.82, 2.24) is 14.7 Å². The maximum atomic E-state index is 13.2. The Labute approximate surface area is 157 Å². The molecule has 1 aromatic rings. The van der Waals surface area contributed by atoms with Crippen molar-refractivity contribution in [2.24, 2.45) is 0 Å². The number of urea groups is 1. The molecule has 0 aliphatic carbocycles. The molecular weight excluding hydrogens is 381 g/mol. The van der Waals surface area contributed by atoms with Crippen molar-refractivity contribution in [3.8, 4) is 5.75 Å². The molecule has 138 valence electrons. The first kappa shape index (κ1) is 21.5. The highest BCUT2D eigenvalue weighted by atomic mass is 32.7. The molecule has 0 saturated heterocycles. The van der Waals surface area contributed by atoms with Crippen molar-refractivity contribution in [2.45, 2.75) is 13.3 Å². The monoisotopic (exact) mass is 403 g/mol. The van der Waals surface area contributed by atoms with E-state index in [-0.39, 0.29) is 5.56 Å². The van der Waals surface area contributed by atoms with Gasteiger partial charge in [0, 0.05) is 19.8 Å². The van der Waals surface area contributed by atoms with Gasteiger partial charge in [-0.1, -0.05) is 42.7 Å². The van der Waals surface area contributed by atoms with E-state index in [0.29, 0.717) is 11.5 Å². The van der Waals surface area contributed by atoms with Crippen LogP contribution in [-0.4, -0.2) is 53.7 Å². The molecule has 1 rings (SSSR count). The van der Waals surface area contributed by atoms with Crippen LogP contribution in [0.3, 0.4) is 0 Å². The van der Waals surface area contributed by atoms with Crippen LogP contribution < -0.4 is 10.1 Å². The molecule has 0 spiro atoms. The smallest absolute Gasteiger partial charge is 0.331 e. The second-order valence-electron chi connectivity index (χ2n) is 4.99. The van der Waals surface area contributed by atoms with Gasteiger partial charge in [0.2, 0.25) is 0 Å². The Morgan fingerprint density at radius 3 is 2.56 bits per heavy atom. The highest BCUT2D eigenvalue weighted by Crippen LogP contribution is 2.62. The molecule has 0 aliphatic heterocycles. The van der Waals surface area contributed by atoms with Gasteiger partial charge < -0.3 is 4.74 Å². The van der Waals surface area contributed by atoms with Crippen LogP contribution in [-0.2, 0) is 4.57 Å². The lowest BCUT2D eigenvalue weighted by Gasteiger charge is -2.32. The average molecular weight is 403 g/mol. The third kappa shape index (κ3) is 5.20. The summed E-state index contributed by atoms with van der Waals surface area (Å²) in [6.45, 7) is -1.37. The van der Waals surface area contributed by atoms with Crippen molar-refractivity contribution in [3.63, 3.8) is 0 Å². The number of amides is 3. The van der Waals surface area contributed by atoms with E-state index in [4.69, 9.17) is 17.0 Å². The zero-order chi connectivity index (χ0) is 19.0. The van der Waals surface area contributed by atoms with Crippen molar-refractivity contribution in [3.05, 3.63) is 29.8 Å². The SMILES string of the molecule is CCCSP(=O)(N(C)C=S)N(C)C(=O)NC(=O)c1ccccc1OC. The third-order valence-corrected chi connectivity index (χ3v) is 9.58. The quantitative estimate of drug-likeness (QED) is 0.525. The van der Waals surface area contributed by atoms with Crippen LogP contribution in [0.1, 0.15) is 23.7 Å². The fourth-order valence-corrected chi connectivity index (χ4v) is 6.70. The maximum absolute atomic E-state index is 13.2. The molecule has 0 fully saturated rings. The van der Waals surface area contributed by atoms with E-state index >= 15 is 0 Å². The molecule has 25 heavy (non-hydrogen) atoms. The minimum absolute atomic E-state index is 0.214. The Bertz CT molecular complexity index is 686. The molecule has 1 aromatic carbocycles. The molecule has 1 atom stereocenters. The molecule has 0 bridgehead atoms. The zero-order valence-electron chi connectivity index (χ0n) is 14.6. The summed E-state index contributed by atoms with van der Waals surface area (Å²) in [6, 6.07) is 5.76. The summed E-state index contributed by atoms with van der Waals surface area (Å²) in [4.78, 5) is 24.8. The largest absolute Gasteiger partial charge is 0.496 e. The molecule has 10 heteroatoms. The van der Waals surface area contributed by atoms with E-state index in [9.17, 15) is 14.2 Å². The second-order valence-corrected chi connectivity index (χ2v) is 10.3. The van der Waals surface area contributed by atoms with Gasteiger partial charge in [0.15, 0.2) is 0 Å². The minimum Gasteiger partial charge on any atom is -0.496 e. The number of methoxy groups -OCH3 is 1. The fourth-order valence-electron chi connectivity index (χ4n) is 1.85. The Morgan fingerprint density at radius 1 is 1.36 bits per heavy atom. The number of thiocarbonyl (C=S) groups is 1. The van der Waals surface area contributed by atoms with Gasteiger partial charge in [0.1, 0.15) is 5.75 Å². The predicted octanol–water partition coefficient (Wildman–Crippen LogP) is 3.62. The van der Waals surface area contributed by atoms with Crippen LogP contribution in [0.15, 0.2) is 24.3 Å². The van der Waals surface area contributed by atoms with Crippen LogP contribution >= 0.6 is 30.2 Å². The van der Waals surface area contributed by atoms with Gasteiger partial charge in [0.05, 0.1) is 18.2 Å². The van der Waals surface area contributed by atoms with E-state index in [2.05, 4.69) is 5.32 Å². The summed E-state index contributed by atoms with van der Waals surface area (Å²) >= 11 is 5.99. The number of ether oxygens (including phenoxy) is 1. The van der Waals surface area contributed by atoms with Crippen molar-refractivity contribution in [1.29, 1.82) is 0 Å². The van der Waals surface area contributed by atoms with Gasteiger partial charge >= 0.3 is 12.7 Å². The molecular formula is C15H22N3O4PS2. The molecule has 0 saturated carbocycles. The molecule has 0 aromatic heterocycles. The van der Waals surface area contributed by atoms with Crippen LogP contribution in [0.4, 0.5) is 4.79 Å². The van der Waals surface area contributed by atoms with Gasteiger partial charge in [-0.25, -0.2) is 4.79 Å².